The molecule has 0 N–H and O–H groups in total. The number of rotatable bonds is 1. The van der Waals surface area contributed by atoms with Crippen LogP contribution in [0.2, 0.25) is 5.31 Å². The molecule has 0 aromatic rings. The van der Waals surface area contributed by atoms with E-state index in [9.17, 15) is 0 Å². The Labute approximate surface area is 97.9 Å². The minimum absolute atomic E-state index is 0.147. The third-order valence-corrected chi connectivity index (χ3v) is 5.51. The van der Waals surface area contributed by atoms with Gasteiger partial charge in [0.15, 0.2) is 0 Å². The van der Waals surface area contributed by atoms with E-state index in [1.807, 2.05) is 0 Å². The van der Waals surface area contributed by atoms with E-state index >= 15 is 0 Å². The summed E-state index contributed by atoms with van der Waals surface area (Å²) in [6.45, 7) is 11.2. The molecule has 1 rings (SSSR count). The molecule has 0 aliphatic heterocycles. The highest BCUT2D eigenvalue weighted by molar-refractivity contribution is 9.49. The predicted octanol–water partition coefficient (Wildman–Crippen LogP) is 4.71. The predicted molar refractivity (Wildman–Crippen MR) is 68.7 cm³/mol. The zero-order valence-electron chi connectivity index (χ0n) is 8.83. The van der Waals surface area contributed by atoms with E-state index in [0.717, 1.165) is 0 Å². The minimum atomic E-state index is 0.147. The Kier molecular flexibility index (Phi) is 3.19. The maximum absolute atomic E-state index is 3.64. The van der Waals surface area contributed by atoms with Gasteiger partial charge in [0.25, 0.3) is 0 Å². The van der Waals surface area contributed by atoms with Gasteiger partial charge in [0, 0.05) is 5.31 Å². The summed E-state index contributed by atoms with van der Waals surface area (Å²) < 4.78 is 0.319. The molecular formula is C10H15BBr2. The van der Waals surface area contributed by atoms with E-state index in [1.54, 1.807) is 0 Å². The molecular weight excluding hydrogens is 291 g/mol. The molecule has 13 heavy (non-hydrogen) atoms. The van der Waals surface area contributed by atoms with Crippen molar-refractivity contribution < 1.29 is 0 Å². The lowest BCUT2D eigenvalue weighted by Gasteiger charge is -2.29. The van der Waals surface area contributed by atoms with Gasteiger partial charge in [0.05, 0.1) is 0 Å². The number of hydrogen-bond acceptors (Lipinski definition) is 0. The van der Waals surface area contributed by atoms with Crippen LogP contribution < -0.4 is 0 Å². The lowest BCUT2D eigenvalue weighted by molar-refractivity contribution is 0.836. The highest BCUT2D eigenvalue weighted by Gasteiger charge is 2.42. The van der Waals surface area contributed by atoms with Gasteiger partial charge < -0.3 is 0 Å². The average molecular weight is 306 g/mol. The molecule has 0 aromatic heterocycles. The van der Waals surface area contributed by atoms with E-state index < -0.39 is 0 Å². The Bertz CT molecular complexity index is 276. The largest absolute Gasteiger partial charge is 0.312 e. The van der Waals surface area contributed by atoms with E-state index in [-0.39, 0.29) is 5.31 Å². The molecule has 0 unspecified atom stereocenters. The van der Waals surface area contributed by atoms with Crippen LogP contribution in [0.3, 0.4) is 0 Å². The lowest BCUT2D eigenvalue weighted by atomic mass is 9.62. The standard InChI is InChI=1S/C10H15BBr2/c1-6-7(2)9(4)10(5,8(6)3)11(12)13/h1-5H3. The van der Waals surface area contributed by atoms with Crippen molar-refractivity contribution in [2.24, 2.45) is 0 Å². The van der Waals surface area contributed by atoms with Gasteiger partial charge in [-0.25, -0.2) is 0 Å². The summed E-state index contributed by atoms with van der Waals surface area (Å²) in [7, 11) is 0. The summed E-state index contributed by atoms with van der Waals surface area (Å²) >= 11 is 7.28. The zero-order chi connectivity index (χ0) is 10.4. The van der Waals surface area contributed by atoms with Crippen LogP contribution in [-0.2, 0) is 0 Å². The zero-order valence-corrected chi connectivity index (χ0v) is 12.0. The van der Waals surface area contributed by atoms with Crippen molar-refractivity contribution in [1.82, 2.24) is 0 Å². The normalized spacial score (nSPS) is 21.5. The Morgan fingerprint density at radius 3 is 1.38 bits per heavy atom. The molecule has 0 nitrogen and oxygen atoms in total. The summed E-state index contributed by atoms with van der Waals surface area (Å²) in [5, 5.41) is 0.147. The summed E-state index contributed by atoms with van der Waals surface area (Å²) in [5.41, 5.74) is 5.84. The highest BCUT2D eigenvalue weighted by atomic mass is 79.9. The fraction of sp³-hybridized carbons (Fsp3) is 0.600. The molecule has 0 amide bonds. The fourth-order valence-electron chi connectivity index (χ4n) is 1.95. The van der Waals surface area contributed by atoms with Gasteiger partial charge in [0.1, 0.15) is 0 Å². The molecule has 0 saturated carbocycles. The van der Waals surface area contributed by atoms with Crippen molar-refractivity contribution >= 4 is 35.9 Å². The molecule has 1 aliphatic rings. The third-order valence-electron chi connectivity index (χ3n) is 3.68. The van der Waals surface area contributed by atoms with E-state index in [0.29, 0.717) is 4.36 Å². The summed E-state index contributed by atoms with van der Waals surface area (Å²) in [4.78, 5) is 0. The van der Waals surface area contributed by atoms with Crippen LogP contribution in [-0.4, -0.2) is 4.36 Å². The highest BCUT2D eigenvalue weighted by Crippen LogP contribution is 2.56. The van der Waals surface area contributed by atoms with Gasteiger partial charge in [-0.2, -0.15) is 0 Å². The van der Waals surface area contributed by atoms with Crippen LogP contribution in [0.5, 0.6) is 0 Å². The molecule has 0 heterocycles. The minimum Gasteiger partial charge on any atom is -0.138 e. The van der Waals surface area contributed by atoms with Crippen molar-refractivity contribution in [2.45, 2.75) is 39.9 Å². The molecule has 0 atom stereocenters. The third kappa shape index (κ3) is 1.48. The van der Waals surface area contributed by atoms with Crippen molar-refractivity contribution in [3.05, 3.63) is 22.3 Å². The van der Waals surface area contributed by atoms with E-state index in [1.165, 1.54) is 22.3 Å². The SMILES string of the molecule is CC1=C(C)C(C)(B(Br)Br)C(C)=C1C. The second-order valence-electron chi connectivity index (χ2n) is 4.00. The molecule has 1 aliphatic carbocycles. The van der Waals surface area contributed by atoms with Crippen molar-refractivity contribution in [1.29, 1.82) is 0 Å². The molecule has 72 valence electrons. The Morgan fingerprint density at radius 2 is 1.23 bits per heavy atom. The first-order chi connectivity index (χ1) is 5.83. The number of hydrogen-bond donors (Lipinski definition) is 0. The van der Waals surface area contributed by atoms with Gasteiger partial charge in [-0.1, -0.05) is 18.1 Å². The average Bonchev–Trinajstić information content (AvgIpc) is 2.22. The maximum atomic E-state index is 3.64. The maximum Gasteiger partial charge on any atom is 0.312 e. The number of halogens is 2. The Balaban J connectivity index is 3.31. The van der Waals surface area contributed by atoms with Gasteiger partial charge >= 0.3 is 4.36 Å². The topological polar surface area (TPSA) is 0 Å². The van der Waals surface area contributed by atoms with Gasteiger partial charge in [0.2, 0.25) is 0 Å². The summed E-state index contributed by atoms with van der Waals surface area (Å²) in [6.07, 6.45) is 0. The molecule has 0 fully saturated rings. The number of allylic oxidation sites excluding steroid dienone is 4. The quantitative estimate of drug-likeness (QED) is 0.615. The Hall–Kier alpha value is 0.505. The van der Waals surface area contributed by atoms with Gasteiger partial charge in [-0.3, -0.25) is 0 Å². The van der Waals surface area contributed by atoms with Crippen LogP contribution in [0, 0.1) is 0 Å². The van der Waals surface area contributed by atoms with Crippen molar-refractivity contribution in [3.8, 4) is 0 Å². The first-order valence-corrected chi connectivity index (χ1v) is 6.31. The monoisotopic (exact) mass is 304 g/mol. The Morgan fingerprint density at radius 1 is 0.923 bits per heavy atom. The molecule has 0 saturated heterocycles. The van der Waals surface area contributed by atoms with Gasteiger partial charge in [-0.15, -0.1) is 31.5 Å². The van der Waals surface area contributed by atoms with Crippen LogP contribution in [0.15, 0.2) is 22.3 Å². The summed E-state index contributed by atoms with van der Waals surface area (Å²) in [5.74, 6) is 0. The fourth-order valence-corrected chi connectivity index (χ4v) is 3.32. The van der Waals surface area contributed by atoms with E-state index in [4.69, 9.17) is 0 Å². The lowest BCUT2D eigenvalue weighted by Crippen LogP contribution is -2.20. The molecule has 0 aromatic carbocycles. The van der Waals surface area contributed by atoms with E-state index in [2.05, 4.69) is 66.1 Å². The van der Waals surface area contributed by atoms with Crippen molar-refractivity contribution in [3.63, 3.8) is 0 Å². The summed E-state index contributed by atoms with van der Waals surface area (Å²) in [6, 6.07) is 0. The molecule has 0 bridgehead atoms. The molecule has 0 spiro atoms. The second-order valence-corrected chi connectivity index (χ2v) is 7.06. The molecule has 3 heteroatoms. The van der Waals surface area contributed by atoms with Crippen molar-refractivity contribution in [2.75, 3.05) is 0 Å². The van der Waals surface area contributed by atoms with Crippen LogP contribution in [0.25, 0.3) is 0 Å². The molecule has 0 radical (unpaired) electrons. The van der Waals surface area contributed by atoms with Crippen LogP contribution >= 0.6 is 31.5 Å². The second kappa shape index (κ2) is 3.58. The van der Waals surface area contributed by atoms with Crippen LogP contribution in [0.1, 0.15) is 34.6 Å². The smallest absolute Gasteiger partial charge is 0.138 e. The first kappa shape index (κ1) is 11.6. The van der Waals surface area contributed by atoms with Gasteiger partial charge in [-0.05, 0) is 38.8 Å². The first-order valence-electron chi connectivity index (χ1n) is 4.48. The van der Waals surface area contributed by atoms with Crippen LogP contribution in [0.4, 0.5) is 0 Å².